The van der Waals surface area contributed by atoms with Crippen molar-refractivity contribution in [3.63, 3.8) is 0 Å². The molecule has 1 aromatic carbocycles. The van der Waals surface area contributed by atoms with Gasteiger partial charge in [-0.15, -0.1) is 11.6 Å². The van der Waals surface area contributed by atoms with Crippen LogP contribution in [-0.2, 0) is 9.84 Å². The van der Waals surface area contributed by atoms with Gasteiger partial charge in [0.1, 0.15) is 0 Å². The Balaban J connectivity index is 2.63. The first-order chi connectivity index (χ1) is 9.88. The number of carbonyl (C=O) groups is 1. The SMILES string of the molecule is CCCC(CCCl)CNC(=O)c1ccc(S(C)(=O)=O)cc1. The van der Waals surface area contributed by atoms with Crippen LogP contribution in [-0.4, -0.2) is 33.0 Å². The van der Waals surface area contributed by atoms with Crippen molar-refractivity contribution in [3.05, 3.63) is 29.8 Å². The largest absolute Gasteiger partial charge is 0.352 e. The molecule has 0 saturated carbocycles. The van der Waals surface area contributed by atoms with Gasteiger partial charge in [-0.05, 0) is 43.0 Å². The number of benzene rings is 1. The molecule has 0 aromatic heterocycles. The van der Waals surface area contributed by atoms with Crippen LogP contribution in [0, 0.1) is 5.92 Å². The molecule has 1 aromatic rings. The average molecular weight is 332 g/mol. The normalized spacial score (nSPS) is 12.9. The maximum atomic E-state index is 12.0. The van der Waals surface area contributed by atoms with Crippen molar-refractivity contribution in [1.29, 1.82) is 0 Å². The van der Waals surface area contributed by atoms with Crippen LogP contribution in [0.4, 0.5) is 0 Å². The lowest BCUT2D eigenvalue weighted by Gasteiger charge is -2.15. The van der Waals surface area contributed by atoms with E-state index >= 15 is 0 Å². The Morgan fingerprint density at radius 1 is 1.24 bits per heavy atom. The van der Waals surface area contributed by atoms with E-state index in [1.54, 1.807) is 0 Å². The Hall–Kier alpha value is -1.07. The lowest BCUT2D eigenvalue weighted by atomic mass is 10.0. The van der Waals surface area contributed by atoms with E-state index in [4.69, 9.17) is 11.6 Å². The van der Waals surface area contributed by atoms with E-state index in [1.807, 2.05) is 0 Å². The van der Waals surface area contributed by atoms with Gasteiger partial charge >= 0.3 is 0 Å². The summed E-state index contributed by atoms with van der Waals surface area (Å²) in [4.78, 5) is 12.2. The molecule has 1 atom stereocenters. The molecule has 0 radical (unpaired) electrons. The fourth-order valence-corrected chi connectivity index (χ4v) is 3.04. The van der Waals surface area contributed by atoms with Gasteiger partial charge in [-0.3, -0.25) is 4.79 Å². The van der Waals surface area contributed by atoms with Gasteiger partial charge in [-0.2, -0.15) is 0 Å². The predicted octanol–water partition coefficient (Wildman–Crippen LogP) is 2.87. The number of nitrogens with one attached hydrogen (secondary N) is 1. The van der Waals surface area contributed by atoms with Crippen LogP contribution >= 0.6 is 11.6 Å². The third-order valence-corrected chi connectivity index (χ3v) is 4.66. The van der Waals surface area contributed by atoms with Crippen LogP contribution in [0.2, 0.25) is 0 Å². The molecule has 21 heavy (non-hydrogen) atoms. The molecular weight excluding hydrogens is 310 g/mol. The molecule has 1 amide bonds. The van der Waals surface area contributed by atoms with Crippen molar-refractivity contribution in [2.75, 3.05) is 18.7 Å². The first kappa shape index (κ1) is 18.0. The number of halogens is 1. The van der Waals surface area contributed by atoms with Gasteiger partial charge in [-0.1, -0.05) is 13.3 Å². The number of sulfone groups is 1. The van der Waals surface area contributed by atoms with Gasteiger partial charge in [0, 0.05) is 24.2 Å². The van der Waals surface area contributed by atoms with Gasteiger partial charge in [0.2, 0.25) is 0 Å². The highest BCUT2D eigenvalue weighted by Crippen LogP contribution is 2.13. The van der Waals surface area contributed by atoms with Crippen molar-refractivity contribution in [3.8, 4) is 0 Å². The maximum absolute atomic E-state index is 12.0. The molecule has 0 bridgehead atoms. The molecule has 0 heterocycles. The number of hydrogen-bond donors (Lipinski definition) is 1. The Labute approximate surface area is 131 Å². The first-order valence-electron chi connectivity index (χ1n) is 7.02. The van der Waals surface area contributed by atoms with E-state index in [9.17, 15) is 13.2 Å². The summed E-state index contributed by atoms with van der Waals surface area (Å²) >= 11 is 5.75. The summed E-state index contributed by atoms with van der Waals surface area (Å²) in [6.45, 7) is 2.69. The number of rotatable bonds is 8. The second-order valence-corrected chi connectivity index (χ2v) is 7.53. The summed E-state index contributed by atoms with van der Waals surface area (Å²) in [5.41, 5.74) is 0.462. The Morgan fingerprint density at radius 3 is 2.33 bits per heavy atom. The molecule has 1 unspecified atom stereocenters. The number of carbonyl (C=O) groups excluding carboxylic acids is 1. The lowest BCUT2D eigenvalue weighted by Crippen LogP contribution is -2.29. The smallest absolute Gasteiger partial charge is 0.251 e. The van der Waals surface area contributed by atoms with Gasteiger partial charge in [-0.25, -0.2) is 8.42 Å². The van der Waals surface area contributed by atoms with Crippen LogP contribution in [0.15, 0.2) is 29.2 Å². The maximum Gasteiger partial charge on any atom is 0.251 e. The Kier molecular flexibility index (Phi) is 7.18. The van der Waals surface area contributed by atoms with Crippen molar-refractivity contribution in [2.45, 2.75) is 31.1 Å². The van der Waals surface area contributed by atoms with Gasteiger partial charge < -0.3 is 5.32 Å². The van der Waals surface area contributed by atoms with Crippen molar-refractivity contribution >= 4 is 27.3 Å². The van der Waals surface area contributed by atoms with Crippen LogP contribution in [0.1, 0.15) is 36.5 Å². The second-order valence-electron chi connectivity index (χ2n) is 5.14. The summed E-state index contributed by atoms with van der Waals surface area (Å²) in [5.74, 6) is 0.779. The zero-order valence-electron chi connectivity index (χ0n) is 12.4. The molecule has 6 heteroatoms. The molecule has 0 saturated heterocycles. The molecule has 0 aliphatic heterocycles. The highest BCUT2D eigenvalue weighted by molar-refractivity contribution is 7.90. The minimum atomic E-state index is -3.23. The van der Waals surface area contributed by atoms with Gasteiger partial charge in [0.05, 0.1) is 4.90 Å². The summed E-state index contributed by atoms with van der Waals surface area (Å²) in [5, 5.41) is 2.88. The van der Waals surface area contributed by atoms with Crippen LogP contribution in [0.3, 0.4) is 0 Å². The minimum Gasteiger partial charge on any atom is -0.352 e. The molecule has 118 valence electrons. The highest BCUT2D eigenvalue weighted by Gasteiger charge is 2.12. The predicted molar refractivity (Wildman–Crippen MR) is 85.6 cm³/mol. The zero-order valence-corrected chi connectivity index (χ0v) is 14.0. The Morgan fingerprint density at radius 2 is 1.86 bits per heavy atom. The number of amides is 1. The molecule has 0 aliphatic rings. The average Bonchev–Trinajstić information content (AvgIpc) is 2.44. The summed E-state index contributed by atoms with van der Waals surface area (Å²) in [7, 11) is -3.23. The molecule has 0 aliphatic carbocycles. The van der Waals surface area contributed by atoms with E-state index in [1.165, 1.54) is 24.3 Å². The number of hydrogen-bond acceptors (Lipinski definition) is 3. The monoisotopic (exact) mass is 331 g/mol. The molecular formula is C15H22ClNO3S. The van der Waals surface area contributed by atoms with E-state index in [0.717, 1.165) is 25.5 Å². The summed E-state index contributed by atoms with van der Waals surface area (Å²) < 4.78 is 22.7. The van der Waals surface area contributed by atoms with E-state index in [-0.39, 0.29) is 10.8 Å². The molecule has 1 rings (SSSR count). The molecule has 0 fully saturated rings. The highest BCUT2D eigenvalue weighted by atomic mass is 35.5. The minimum absolute atomic E-state index is 0.189. The Bertz CT molecular complexity index is 549. The third-order valence-electron chi connectivity index (χ3n) is 3.31. The van der Waals surface area contributed by atoms with Crippen LogP contribution in [0.5, 0.6) is 0 Å². The molecule has 1 N–H and O–H groups in total. The second kappa shape index (κ2) is 8.39. The molecule has 0 spiro atoms. The summed E-state index contributed by atoms with van der Waals surface area (Å²) in [6, 6.07) is 5.96. The first-order valence-corrected chi connectivity index (χ1v) is 9.45. The fraction of sp³-hybridized carbons (Fsp3) is 0.533. The van der Waals surface area contributed by atoms with Crippen LogP contribution in [0.25, 0.3) is 0 Å². The number of alkyl halides is 1. The topological polar surface area (TPSA) is 63.2 Å². The fourth-order valence-electron chi connectivity index (χ4n) is 2.10. The third kappa shape index (κ3) is 6.06. The van der Waals surface area contributed by atoms with E-state index < -0.39 is 9.84 Å². The van der Waals surface area contributed by atoms with Gasteiger partial charge in [0.15, 0.2) is 9.84 Å². The van der Waals surface area contributed by atoms with Crippen molar-refractivity contribution < 1.29 is 13.2 Å². The molecule has 4 nitrogen and oxygen atoms in total. The van der Waals surface area contributed by atoms with E-state index in [2.05, 4.69) is 12.2 Å². The van der Waals surface area contributed by atoms with Crippen LogP contribution < -0.4 is 5.32 Å². The lowest BCUT2D eigenvalue weighted by molar-refractivity contribution is 0.0946. The summed E-state index contributed by atoms with van der Waals surface area (Å²) in [6.07, 6.45) is 4.10. The van der Waals surface area contributed by atoms with Crippen molar-refractivity contribution in [1.82, 2.24) is 5.32 Å². The van der Waals surface area contributed by atoms with Gasteiger partial charge in [0.25, 0.3) is 5.91 Å². The van der Waals surface area contributed by atoms with E-state index in [0.29, 0.717) is 23.9 Å². The zero-order chi connectivity index (χ0) is 15.9. The van der Waals surface area contributed by atoms with Crippen molar-refractivity contribution in [2.24, 2.45) is 5.92 Å². The quantitative estimate of drug-likeness (QED) is 0.745. The standard InChI is InChI=1S/C15H22ClNO3S/c1-3-4-12(9-10-16)11-17-15(18)13-5-7-14(8-6-13)21(2,19)20/h5-8,12H,3-4,9-11H2,1-2H3,(H,17,18).